The van der Waals surface area contributed by atoms with E-state index in [0.29, 0.717) is 0 Å². The smallest absolute Gasteiger partial charge is 0.387 e. The Morgan fingerprint density at radius 2 is 2.10 bits per heavy atom. The summed E-state index contributed by atoms with van der Waals surface area (Å²) in [5.74, 6) is 0.991. The van der Waals surface area contributed by atoms with Crippen molar-refractivity contribution < 1.29 is 13.5 Å². The minimum atomic E-state index is -2.81. The second-order valence-corrected chi connectivity index (χ2v) is 5.04. The minimum Gasteiger partial charge on any atom is -0.435 e. The standard InChI is InChI=1S/C14H16F2N4O/c15-14(16)21-11-3-1-9(2-4-11)12-7-13(19-18-12)20-6-5-10(17)8-20/h1-4,7,10,14H,5-6,8,17H2,(H,18,19). The van der Waals surface area contributed by atoms with Crippen molar-refractivity contribution in [2.24, 2.45) is 5.73 Å². The van der Waals surface area contributed by atoms with Crippen molar-refractivity contribution >= 4 is 5.82 Å². The van der Waals surface area contributed by atoms with E-state index in [1.165, 1.54) is 12.1 Å². The van der Waals surface area contributed by atoms with Crippen molar-refractivity contribution in [3.05, 3.63) is 30.3 Å². The van der Waals surface area contributed by atoms with E-state index in [4.69, 9.17) is 5.73 Å². The van der Waals surface area contributed by atoms with Crippen LogP contribution >= 0.6 is 0 Å². The Hall–Kier alpha value is -2.15. The summed E-state index contributed by atoms with van der Waals surface area (Å²) in [7, 11) is 0. The average molecular weight is 294 g/mol. The van der Waals surface area contributed by atoms with Crippen molar-refractivity contribution in [2.75, 3.05) is 18.0 Å². The van der Waals surface area contributed by atoms with Crippen LogP contribution in [0.15, 0.2) is 30.3 Å². The van der Waals surface area contributed by atoms with Crippen molar-refractivity contribution in [1.82, 2.24) is 10.2 Å². The van der Waals surface area contributed by atoms with E-state index in [2.05, 4.69) is 19.8 Å². The number of aromatic nitrogens is 2. The fraction of sp³-hybridized carbons (Fsp3) is 0.357. The zero-order chi connectivity index (χ0) is 14.8. The maximum absolute atomic E-state index is 12.1. The summed E-state index contributed by atoms with van der Waals surface area (Å²) in [4.78, 5) is 2.12. The number of anilines is 1. The quantitative estimate of drug-likeness (QED) is 0.907. The van der Waals surface area contributed by atoms with Gasteiger partial charge in [0.15, 0.2) is 5.82 Å². The van der Waals surface area contributed by atoms with Crippen molar-refractivity contribution in [1.29, 1.82) is 0 Å². The lowest BCUT2D eigenvalue weighted by atomic mass is 10.1. The molecular formula is C14H16F2N4O. The summed E-state index contributed by atoms with van der Waals surface area (Å²) in [5, 5.41) is 7.23. The number of hydrogen-bond donors (Lipinski definition) is 2. The molecule has 21 heavy (non-hydrogen) atoms. The first-order valence-corrected chi connectivity index (χ1v) is 6.73. The Morgan fingerprint density at radius 3 is 2.71 bits per heavy atom. The first kappa shape index (κ1) is 13.8. The lowest BCUT2D eigenvalue weighted by Crippen LogP contribution is -2.26. The number of nitrogens with one attached hydrogen (secondary N) is 1. The molecule has 112 valence electrons. The van der Waals surface area contributed by atoms with Gasteiger partial charge < -0.3 is 15.4 Å². The Kier molecular flexibility index (Phi) is 3.74. The molecule has 1 atom stereocenters. The summed E-state index contributed by atoms with van der Waals surface area (Å²) in [6, 6.07) is 8.56. The van der Waals surface area contributed by atoms with Crippen molar-refractivity contribution in [3.8, 4) is 17.0 Å². The molecule has 0 aliphatic carbocycles. The van der Waals surface area contributed by atoms with Crippen LogP contribution in [0.2, 0.25) is 0 Å². The SMILES string of the molecule is NC1CCN(c2cc(-c3ccc(OC(F)F)cc3)[nH]n2)C1. The number of H-pyrrole nitrogens is 1. The molecule has 1 fully saturated rings. The summed E-state index contributed by atoms with van der Waals surface area (Å²) in [6.07, 6.45) is 0.960. The van der Waals surface area contributed by atoms with Gasteiger partial charge in [0.25, 0.3) is 0 Å². The molecule has 0 bridgehead atoms. The molecule has 0 radical (unpaired) electrons. The number of ether oxygens (including phenoxy) is 1. The number of benzene rings is 1. The van der Waals surface area contributed by atoms with Gasteiger partial charge >= 0.3 is 6.61 Å². The number of aromatic amines is 1. The third-order valence-corrected chi connectivity index (χ3v) is 3.50. The van der Waals surface area contributed by atoms with Crippen LogP contribution in [0, 0.1) is 0 Å². The minimum absolute atomic E-state index is 0.138. The number of rotatable bonds is 4. The molecule has 2 heterocycles. The highest BCUT2D eigenvalue weighted by molar-refractivity contribution is 5.64. The molecule has 0 saturated carbocycles. The monoisotopic (exact) mass is 294 g/mol. The largest absolute Gasteiger partial charge is 0.435 e. The molecule has 5 nitrogen and oxygen atoms in total. The molecule has 0 spiro atoms. The van der Waals surface area contributed by atoms with Crippen LogP contribution in [0.4, 0.5) is 14.6 Å². The second kappa shape index (κ2) is 5.69. The van der Waals surface area contributed by atoms with Crippen LogP contribution in [0.5, 0.6) is 5.75 Å². The molecule has 1 aliphatic rings. The van der Waals surface area contributed by atoms with Crippen LogP contribution in [-0.2, 0) is 0 Å². The first-order chi connectivity index (χ1) is 10.1. The fourth-order valence-electron chi connectivity index (χ4n) is 2.43. The number of nitrogens with zero attached hydrogens (tertiary/aromatic N) is 2. The average Bonchev–Trinajstić information content (AvgIpc) is 3.07. The highest BCUT2D eigenvalue weighted by atomic mass is 19.3. The molecule has 1 aliphatic heterocycles. The number of alkyl halides is 2. The van der Waals surface area contributed by atoms with Gasteiger partial charge in [0.2, 0.25) is 0 Å². The summed E-state index contributed by atoms with van der Waals surface area (Å²) in [6.45, 7) is -1.12. The molecule has 1 aromatic heterocycles. The third-order valence-electron chi connectivity index (χ3n) is 3.50. The number of halogens is 2. The Morgan fingerprint density at radius 1 is 1.33 bits per heavy atom. The second-order valence-electron chi connectivity index (χ2n) is 5.04. The van der Waals surface area contributed by atoms with Crippen LogP contribution in [0.3, 0.4) is 0 Å². The molecule has 1 saturated heterocycles. The van der Waals surface area contributed by atoms with Gasteiger partial charge in [-0.15, -0.1) is 0 Å². The Balaban J connectivity index is 1.73. The topological polar surface area (TPSA) is 67.2 Å². The third kappa shape index (κ3) is 3.13. The maximum atomic E-state index is 12.1. The van der Waals surface area contributed by atoms with Gasteiger partial charge in [-0.2, -0.15) is 13.9 Å². The van der Waals surface area contributed by atoms with Crippen LogP contribution in [0.1, 0.15) is 6.42 Å². The zero-order valence-corrected chi connectivity index (χ0v) is 11.3. The van der Waals surface area contributed by atoms with Gasteiger partial charge in [-0.25, -0.2) is 0 Å². The van der Waals surface area contributed by atoms with E-state index >= 15 is 0 Å². The van der Waals surface area contributed by atoms with Gasteiger partial charge in [-0.05, 0) is 36.2 Å². The van der Waals surface area contributed by atoms with E-state index < -0.39 is 6.61 Å². The normalized spacial score (nSPS) is 18.5. The van der Waals surface area contributed by atoms with Gasteiger partial charge in [0.1, 0.15) is 5.75 Å². The highest BCUT2D eigenvalue weighted by Crippen LogP contribution is 2.26. The fourth-order valence-corrected chi connectivity index (χ4v) is 2.43. The van der Waals surface area contributed by atoms with E-state index in [1.54, 1.807) is 12.1 Å². The molecule has 3 N–H and O–H groups in total. The molecular weight excluding hydrogens is 278 g/mol. The number of hydrogen-bond acceptors (Lipinski definition) is 4. The summed E-state index contributed by atoms with van der Waals surface area (Å²) in [5.41, 5.74) is 7.57. The Labute approximate surface area is 120 Å². The molecule has 2 aromatic rings. The van der Waals surface area contributed by atoms with E-state index in [-0.39, 0.29) is 11.8 Å². The highest BCUT2D eigenvalue weighted by Gasteiger charge is 2.21. The van der Waals surface area contributed by atoms with Crippen LogP contribution in [-0.4, -0.2) is 35.9 Å². The van der Waals surface area contributed by atoms with Crippen LogP contribution in [0.25, 0.3) is 11.3 Å². The van der Waals surface area contributed by atoms with Gasteiger partial charge in [0.05, 0.1) is 5.69 Å². The lowest BCUT2D eigenvalue weighted by molar-refractivity contribution is -0.0498. The first-order valence-electron chi connectivity index (χ1n) is 6.73. The van der Waals surface area contributed by atoms with E-state index in [1.807, 2.05) is 6.07 Å². The summed E-state index contributed by atoms with van der Waals surface area (Å²) < 4.78 is 28.5. The van der Waals surface area contributed by atoms with Crippen LogP contribution < -0.4 is 15.4 Å². The van der Waals surface area contributed by atoms with E-state index in [0.717, 1.165) is 36.6 Å². The van der Waals surface area contributed by atoms with E-state index in [9.17, 15) is 8.78 Å². The number of nitrogens with two attached hydrogens (primary N) is 1. The van der Waals surface area contributed by atoms with Crippen molar-refractivity contribution in [3.63, 3.8) is 0 Å². The molecule has 0 amide bonds. The van der Waals surface area contributed by atoms with Gasteiger partial charge in [-0.1, -0.05) is 0 Å². The van der Waals surface area contributed by atoms with Gasteiger partial charge in [-0.3, -0.25) is 5.10 Å². The maximum Gasteiger partial charge on any atom is 0.387 e. The molecule has 3 rings (SSSR count). The predicted octanol–water partition coefficient (Wildman–Crippen LogP) is 2.22. The molecule has 1 unspecified atom stereocenters. The summed E-state index contributed by atoms with van der Waals surface area (Å²) >= 11 is 0. The molecule has 7 heteroatoms. The zero-order valence-electron chi connectivity index (χ0n) is 11.3. The predicted molar refractivity (Wildman–Crippen MR) is 75.5 cm³/mol. The molecule has 1 aromatic carbocycles. The van der Waals surface area contributed by atoms with Crippen molar-refractivity contribution in [2.45, 2.75) is 19.1 Å². The lowest BCUT2D eigenvalue weighted by Gasteiger charge is -2.13. The van der Waals surface area contributed by atoms with Gasteiger partial charge in [0, 0.05) is 25.2 Å². The Bertz CT molecular complexity index is 599.